The molecule has 0 rings (SSSR count). The Morgan fingerprint density at radius 3 is 1.69 bits per heavy atom. The van der Waals surface area contributed by atoms with Gasteiger partial charge >= 0.3 is 0 Å². The van der Waals surface area contributed by atoms with Gasteiger partial charge in [-0.2, -0.15) is 0 Å². The van der Waals surface area contributed by atoms with Gasteiger partial charge in [-0.1, -0.05) is 48.5 Å². The van der Waals surface area contributed by atoms with Crippen LogP contribution in [0.25, 0.3) is 0 Å². The molecular weight excluding hydrogens is 448 g/mol. The summed E-state index contributed by atoms with van der Waals surface area (Å²) in [5.41, 5.74) is 17.2. The number of nitrogens with two attached hydrogens (primary N) is 3. The van der Waals surface area contributed by atoms with Crippen LogP contribution in [0, 0.1) is 17.3 Å². The van der Waals surface area contributed by atoms with Crippen LogP contribution in [-0.4, -0.2) is 119 Å². The third kappa shape index (κ3) is 26.7. The molecule has 36 heavy (non-hydrogen) atoms. The second-order valence-corrected chi connectivity index (χ2v) is 13.0. The Morgan fingerprint density at radius 1 is 0.667 bits per heavy atom. The first kappa shape index (κ1) is 37.8. The fourth-order valence-electron chi connectivity index (χ4n) is 4.19. The SMILES string of the molecule is CC(C)CN(CCNCCN)CC(C)(C)C.CC(C)CNC(C)(C)CN(C)CCN(CCN)CCN. The van der Waals surface area contributed by atoms with E-state index in [1.54, 1.807) is 0 Å². The average Bonchev–Trinajstić information content (AvgIpc) is 2.72. The Bertz CT molecular complexity index is 471. The Morgan fingerprint density at radius 2 is 1.25 bits per heavy atom. The van der Waals surface area contributed by atoms with E-state index < -0.39 is 0 Å². The summed E-state index contributed by atoms with van der Waals surface area (Å²) in [5, 5.41) is 6.99. The van der Waals surface area contributed by atoms with Crippen molar-refractivity contribution < 1.29 is 0 Å². The van der Waals surface area contributed by atoms with Crippen LogP contribution >= 0.6 is 0 Å². The van der Waals surface area contributed by atoms with E-state index in [1.807, 2.05) is 0 Å². The summed E-state index contributed by atoms with van der Waals surface area (Å²) in [7, 11) is 2.18. The maximum Gasteiger partial charge on any atom is 0.0252 e. The van der Waals surface area contributed by atoms with Gasteiger partial charge in [-0.15, -0.1) is 0 Å². The summed E-state index contributed by atoms with van der Waals surface area (Å²) in [6.07, 6.45) is 0. The molecule has 8 nitrogen and oxygen atoms in total. The normalized spacial score (nSPS) is 12.8. The molecule has 0 aromatic carbocycles. The van der Waals surface area contributed by atoms with Crippen LogP contribution in [0.2, 0.25) is 0 Å². The molecule has 0 unspecified atom stereocenters. The lowest BCUT2D eigenvalue weighted by molar-refractivity contribution is 0.174. The summed E-state index contributed by atoms with van der Waals surface area (Å²) in [6.45, 7) is 34.1. The van der Waals surface area contributed by atoms with Crippen molar-refractivity contribution in [1.29, 1.82) is 0 Å². The van der Waals surface area contributed by atoms with Crippen LogP contribution in [0.15, 0.2) is 0 Å². The van der Waals surface area contributed by atoms with Crippen LogP contribution in [0.1, 0.15) is 62.3 Å². The number of nitrogens with zero attached hydrogens (tertiary/aromatic N) is 3. The Hall–Kier alpha value is -0.320. The van der Waals surface area contributed by atoms with Crippen molar-refractivity contribution in [3.63, 3.8) is 0 Å². The zero-order valence-electron chi connectivity index (χ0n) is 26.1. The molecule has 0 aromatic heterocycles. The molecule has 0 bridgehead atoms. The second-order valence-electron chi connectivity index (χ2n) is 13.0. The summed E-state index contributed by atoms with van der Waals surface area (Å²) >= 11 is 0. The molecule has 0 aromatic rings. The van der Waals surface area contributed by atoms with Gasteiger partial charge < -0.3 is 37.6 Å². The summed E-state index contributed by atoms with van der Waals surface area (Å²) in [4.78, 5) is 7.27. The minimum absolute atomic E-state index is 0.144. The van der Waals surface area contributed by atoms with Crippen molar-refractivity contribution in [3.8, 4) is 0 Å². The lowest BCUT2D eigenvalue weighted by atomic mass is 9.95. The van der Waals surface area contributed by atoms with Crippen LogP contribution in [0.5, 0.6) is 0 Å². The molecule has 0 fully saturated rings. The highest BCUT2D eigenvalue weighted by Gasteiger charge is 2.20. The van der Waals surface area contributed by atoms with Gasteiger partial charge in [-0.3, -0.25) is 4.90 Å². The number of rotatable bonds is 20. The maximum atomic E-state index is 5.63. The molecule has 0 saturated carbocycles. The molecule has 0 aliphatic carbocycles. The zero-order valence-corrected chi connectivity index (χ0v) is 26.1. The Labute approximate surface area is 226 Å². The predicted molar refractivity (Wildman–Crippen MR) is 162 cm³/mol. The van der Waals surface area contributed by atoms with Gasteiger partial charge in [-0.25, -0.2) is 0 Å². The highest BCUT2D eigenvalue weighted by atomic mass is 15.2. The van der Waals surface area contributed by atoms with Crippen LogP contribution < -0.4 is 27.8 Å². The zero-order chi connectivity index (χ0) is 28.2. The minimum Gasteiger partial charge on any atom is -0.329 e. The van der Waals surface area contributed by atoms with Gasteiger partial charge in [0.1, 0.15) is 0 Å². The van der Waals surface area contributed by atoms with Gasteiger partial charge in [-0.05, 0) is 44.7 Å². The molecule has 220 valence electrons. The predicted octanol–water partition coefficient (Wildman–Crippen LogP) is 1.70. The van der Waals surface area contributed by atoms with E-state index in [0.29, 0.717) is 24.4 Å². The van der Waals surface area contributed by atoms with Gasteiger partial charge in [0.15, 0.2) is 0 Å². The van der Waals surface area contributed by atoms with Crippen molar-refractivity contribution in [2.24, 2.45) is 34.5 Å². The molecule has 0 spiro atoms. The first-order valence-corrected chi connectivity index (χ1v) is 14.3. The van der Waals surface area contributed by atoms with E-state index >= 15 is 0 Å². The third-order valence-electron chi connectivity index (χ3n) is 5.59. The largest absolute Gasteiger partial charge is 0.329 e. The molecule has 0 aliphatic rings. The lowest BCUT2D eigenvalue weighted by Gasteiger charge is -2.33. The average molecular weight is 517 g/mol. The van der Waals surface area contributed by atoms with Crippen molar-refractivity contribution in [3.05, 3.63) is 0 Å². The van der Waals surface area contributed by atoms with Gasteiger partial charge in [0, 0.05) is 90.6 Å². The minimum atomic E-state index is 0.144. The van der Waals surface area contributed by atoms with E-state index in [0.717, 1.165) is 77.9 Å². The first-order chi connectivity index (χ1) is 16.7. The quantitative estimate of drug-likeness (QED) is 0.156. The third-order valence-corrected chi connectivity index (χ3v) is 5.59. The Balaban J connectivity index is 0. The molecule has 0 atom stereocenters. The maximum absolute atomic E-state index is 5.63. The topological polar surface area (TPSA) is 112 Å². The number of hydrogen-bond acceptors (Lipinski definition) is 8. The molecule has 0 radical (unpaired) electrons. The fourth-order valence-corrected chi connectivity index (χ4v) is 4.19. The van der Waals surface area contributed by atoms with Gasteiger partial charge in [0.25, 0.3) is 0 Å². The van der Waals surface area contributed by atoms with E-state index in [1.165, 1.54) is 6.54 Å². The standard InChI is InChI=1S/C15H37N5.C13H31N3/c1-14(2)12-18-15(3,4)13-19(5)10-11-20(8-6-16)9-7-17;1-12(2)10-16(11-13(3,4)5)9-8-15-7-6-14/h14,18H,6-13,16-17H2,1-5H3;12,15H,6-11,14H2,1-5H3. The number of hydrogen-bond donors (Lipinski definition) is 5. The smallest absolute Gasteiger partial charge is 0.0252 e. The molecule has 8 N–H and O–H groups in total. The Kier molecular flexibility index (Phi) is 22.7. The molecule has 0 heterocycles. The first-order valence-electron chi connectivity index (χ1n) is 14.3. The molecule has 0 amide bonds. The van der Waals surface area contributed by atoms with Crippen molar-refractivity contribution >= 4 is 0 Å². The highest BCUT2D eigenvalue weighted by molar-refractivity contribution is 4.81. The van der Waals surface area contributed by atoms with Crippen molar-refractivity contribution in [1.82, 2.24) is 25.3 Å². The molecule has 0 aliphatic heterocycles. The highest BCUT2D eigenvalue weighted by Crippen LogP contribution is 2.15. The molecule has 8 heteroatoms. The fraction of sp³-hybridized carbons (Fsp3) is 1.00. The number of nitrogens with one attached hydrogen (secondary N) is 2. The van der Waals surface area contributed by atoms with Gasteiger partial charge in [0.05, 0.1) is 0 Å². The summed E-state index contributed by atoms with van der Waals surface area (Å²) in [5.74, 6) is 1.42. The van der Waals surface area contributed by atoms with E-state index in [2.05, 4.69) is 94.7 Å². The van der Waals surface area contributed by atoms with Crippen molar-refractivity contribution in [2.75, 3.05) is 98.7 Å². The van der Waals surface area contributed by atoms with Crippen LogP contribution in [-0.2, 0) is 0 Å². The van der Waals surface area contributed by atoms with E-state index in [4.69, 9.17) is 17.2 Å². The lowest BCUT2D eigenvalue weighted by Crippen LogP contribution is -2.50. The van der Waals surface area contributed by atoms with Gasteiger partial charge in [0.2, 0.25) is 0 Å². The van der Waals surface area contributed by atoms with Crippen LogP contribution in [0.3, 0.4) is 0 Å². The van der Waals surface area contributed by atoms with E-state index in [-0.39, 0.29) is 5.54 Å². The monoisotopic (exact) mass is 517 g/mol. The molecule has 0 saturated heterocycles. The van der Waals surface area contributed by atoms with Crippen LogP contribution in [0.4, 0.5) is 0 Å². The molecular formula is C28H68N8. The van der Waals surface area contributed by atoms with E-state index in [9.17, 15) is 0 Å². The summed E-state index contributed by atoms with van der Waals surface area (Å²) in [6, 6.07) is 0. The number of likely N-dealkylation sites (N-methyl/N-ethyl adjacent to an activating group) is 1. The second kappa shape index (κ2) is 21.6. The van der Waals surface area contributed by atoms with Crippen molar-refractivity contribution in [2.45, 2.75) is 67.9 Å². The summed E-state index contributed by atoms with van der Waals surface area (Å²) < 4.78 is 0.